The van der Waals surface area contributed by atoms with Crippen LogP contribution in [0.2, 0.25) is 0 Å². The number of rotatable bonds is 0. The summed E-state index contributed by atoms with van der Waals surface area (Å²) >= 11 is 2.42. The van der Waals surface area contributed by atoms with Gasteiger partial charge in [-0.15, -0.1) is 0 Å². The molecule has 1 atom stereocenters. The van der Waals surface area contributed by atoms with E-state index in [-0.39, 0.29) is 0 Å². The molecule has 2 nitrogen and oxygen atoms in total. The van der Waals surface area contributed by atoms with Crippen LogP contribution in [0, 0.1) is 0 Å². The van der Waals surface area contributed by atoms with Crippen LogP contribution in [-0.4, -0.2) is 29.4 Å². The van der Waals surface area contributed by atoms with E-state index in [1.807, 2.05) is 0 Å². The maximum absolute atomic E-state index is 2.42. The molecule has 0 aromatic rings. The van der Waals surface area contributed by atoms with Crippen LogP contribution in [0.1, 0.15) is 13.8 Å². The van der Waals surface area contributed by atoms with Crippen molar-refractivity contribution in [1.29, 1.82) is 0 Å². The van der Waals surface area contributed by atoms with E-state index in [4.69, 9.17) is 0 Å². The molecular weight excluding hydrogens is 287 g/mol. The number of hydrogen-bond acceptors (Lipinski definition) is 2. The molecule has 2 aliphatic rings. The van der Waals surface area contributed by atoms with Gasteiger partial charge in [-0.05, 0) is 48.6 Å². The summed E-state index contributed by atoms with van der Waals surface area (Å²) in [6, 6.07) is 0.565. The molecule has 0 N–H and O–H groups in total. The van der Waals surface area contributed by atoms with Gasteiger partial charge in [-0.2, -0.15) is 0 Å². The first-order valence-corrected chi connectivity index (χ1v) is 5.94. The van der Waals surface area contributed by atoms with Gasteiger partial charge in [0.25, 0.3) is 0 Å². The van der Waals surface area contributed by atoms with Gasteiger partial charge >= 0.3 is 0 Å². The lowest BCUT2D eigenvalue weighted by molar-refractivity contribution is 0.236. The van der Waals surface area contributed by atoms with E-state index in [2.05, 4.69) is 71.5 Å². The minimum absolute atomic E-state index is 0.565. The van der Waals surface area contributed by atoms with Gasteiger partial charge < -0.3 is 9.80 Å². The fourth-order valence-electron chi connectivity index (χ4n) is 2.14. The van der Waals surface area contributed by atoms with Gasteiger partial charge in [-0.25, -0.2) is 0 Å². The Morgan fingerprint density at radius 2 is 2.21 bits per heavy atom. The molecule has 0 aliphatic carbocycles. The van der Waals surface area contributed by atoms with Crippen LogP contribution in [-0.2, 0) is 0 Å². The monoisotopic (exact) mass is 302 g/mol. The largest absolute Gasteiger partial charge is 0.366 e. The first-order chi connectivity index (χ1) is 6.61. The first kappa shape index (κ1) is 10.1. The third kappa shape index (κ3) is 1.47. The second kappa shape index (κ2) is 3.61. The van der Waals surface area contributed by atoms with E-state index in [0.717, 1.165) is 6.54 Å². The second-order valence-corrected chi connectivity index (χ2v) is 4.96. The van der Waals surface area contributed by atoms with Crippen molar-refractivity contribution < 1.29 is 0 Å². The average Bonchev–Trinajstić information content (AvgIpc) is 2.14. The standard InChI is InChI=1S/C11H15IN2/c1-8-5-4-6-10-11(12)13(3)7-9(2)14(8)10/h4-6,9H,7H2,1-3H3/t9-/m0/s1. The molecule has 0 bridgehead atoms. The second-order valence-electron chi connectivity index (χ2n) is 3.94. The van der Waals surface area contributed by atoms with E-state index in [1.54, 1.807) is 0 Å². The van der Waals surface area contributed by atoms with E-state index < -0.39 is 0 Å². The molecule has 0 aromatic heterocycles. The van der Waals surface area contributed by atoms with Gasteiger partial charge in [0.2, 0.25) is 0 Å². The summed E-state index contributed by atoms with van der Waals surface area (Å²) in [7, 11) is 2.16. The Hall–Kier alpha value is -0.450. The molecule has 0 unspecified atom stereocenters. The first-order valence-electron chi connectivity index (χ1n) is 4.86. The Kier molecular flexibility index (Phi) is 2.60. The van der Waals surface area contributed by atoms with Crippen LogP contribution in [0.3, 0.4) is 0 Å². The molecule has 0 aromatic carbocycles. The Balaban J connectivity index is 2.47. The SMILES string of the molecule is CC1=CC=CC2=C(I)N(C)C[C@H](C)N12. The van der Waals surface area contributed by atoms with E-state index >= 15 is 0 Å². The third-order valence-electron chi connectivity index (χ3n) is 2.76. The lowest BCUT2D eigenvalue weighted by atomic mass is 10.1. The summed E-state index contributed by atoms with van der Waals surface area (Å²) in [5.74, 6) is 0. The molecule has 0 radical (unpaired) electrons. The van der Waals surface area contributed by atoms with Crippen molar-refractivity contribution in [3.63, 3.8) is 0 Å². The molecule has 0 fully saturated rings. The number of hydrogen-bond donors (Lipinski definition) is 0. The highest BCUT2D eigenvalue weighted by Gasteiger charge is 2.28. The molecule has 0 saturated heterocycles. The average molecular weight is 302 g/mol. The zero-order valence-corrected chi connectivity index (χ0v) is 10.9. The minimum atomic E-state index is 0.565. The fraction of sp³-hybridized carbons (Fsp3) is 0.455. The Bertz CT molecular complexity index is 341. The van der Waals surface area contributed by atoms with E-state index in [1.165, 1.54) is 15.1 Å². The van der Waals surface area contributed by atoms with Crippen LogP contribution < -0.4 is 0 Å². The normalized spacial score (nSPS) is 26.6. The topological polar surface area (TPSA) is 6.48 Å². The molecule has 0 spiro atoms. The summed E-state index contributed by atoms with van der Waals surface area (Å²) in [6.45, 7) is 5.55. The zero-order valence-electron chi connectivity index (χ0n) is 8.79. The smallest absolute Gasteiger partial charge is 0.0996 e. The van der Waals surface area contributed by atoms with Gasteiger partial charge in [0.1, 0.15) is 0 Å². The van der Waals surface area contributed by atoms with Crippen molar-refractivity contribution in [2.24, 2.45) is 0 Å². The van der Waals surface area contributed by atoms with Crippen LogP contribution in [0.4, 0.5) is 0 Å². The van der Waals surface area contributed by atoms with Crippen molar-refractivity contribution >= 4 is 22.6 Å². The summed E-state index contributed by atoms with van der Waals surface area (Å²) in [5.41, 5.74) is 2.68. The van der Waals surface area contributed by atoms with Crippen molar-refractivity contribution in [3.05, 3.63) is 33.3 Å². The van der Waals surface area contributed by atoms with Crippen molar-refractivity contribution in [3.8, 4) is 0 Å². The predicted molar refractivity (Wildman–Crippen MR) is 67.9 cm³/mol. The van der Waals surface area contributed by atoms with Gasteiger partial charge in [0.05, 0.1) is 9.40 Å². The van der Waals surface area contributed by atoms with Crippen LogP contribution in [0.25, 0.3) is 0 Å². The lowest BCUT2D eigenvalue weighted by Gasteiger charge is -2.42. The minimum Gasteiger partial charge on any atom is -0.366 e. The predicted octanol–water partition coefficient (Wildman–Crippen LogP) is 2.70. The molecule has 2 aliphatic heterocycles. The number of halogens is 1. The number of likely N-dealkylation sites (N-methyl/N-ethyl adjacent to an activating group) is 1. The molecule has 0 amide bonds. The molecule has 3 heteroatoms. The molecule has 0 saturated carbocycles. The summed E-state index contributed by atoms with van der Waals surface area (Å²) < 4.78 is 1.34. The fourth-order valence-corrected chi connectivity index (χ4v) is 2.77. The van der Waals surface area contributed by atoms with Gasteiger partial charge in [0.15, 0.2) is 0 Å². The third-order valence-corrected chi connectivity index (χ3v) is 4.13. The molecule has 14 heavy (non-hydrogen) atoms. The zero-order chi connectivity index (χ0) is 10.3. The highest BCUT2D eigenvalue weighted by atomic mass is 127. The van der Waals surface area contributed by atoms with Crippen molar-refractivity contribution in [1.82, 2.24) is 9.80 Å². The summed E-state index contributed by atoms with van der Waals surface area (Å²) in [5, 5.41) is 0. The van der Waals surface area contributed by atoms with Gasteiger partial charge in [0, 0.05) is 25.3 Å². The van der Waals surface area contributed by atoms with E-state index in [0.29, 0.717) is 6.04 Å². The van der Waals surface area contributed by atoms with Gasteiger partial charge in [-0.1, -0.05) is 6.08 Å². The highest BCUT2D eigenvalue weighted by molar-refractivity contribution is 14.1. The molecule has 2 heterocycles. The van der Waals surface area contributed by atoms with Crippen LogP contribution in [0.15, 0.2) is 33.3 Å². The molecule has 76 valence electrons. The number of fused-ring (bicyclic) bond motifs is 1. The Morgan fingerprint density at radius 1 is 1.50 bits per heavy atom. The lowest BCUT2D eigenvalue weighted by Crippen LogP contribution is -2.44. The summed E-state index contributed by atoms with van der Waals surface area (Å²) in [4.78, 5) is 4.74. The maximum Gasteiger partial charge on any atom is 0.0996 e. The quantitative estimate of drug-likeness (QED) is 0.501. The summed E-state index contributed by atoms with van der Waals surface area (Å²) in [6.07, 6.45) is 6.50. The van der Waals surface area contributed by atoms with Crippen molar-refractivity contribution in [2.75, 3.05) is 13.6 Å². The van der Waals surface area contributed by atoms with Crippen LogP contribution in [0.5, 0.6) is 0 Å². The number of allylic oxidation sites excluding steroid dienone is 4. The number of nitrogens with zero attached hydrogens (tertiary/aromatic N) is 2. The van der Waals surface area contributed by atoms with Crippen molar-refractivity contribution in [2.45, 2.75) is 19.9 Å². The Morgan fingerprint density at radius 3 is 2.93 bits per heavy atom. The molecule has 2 rings (SSSR count). The van der Waals surface area contributed by atoms with Crippen LogP contribution >= 0.6 is 22.6 Å². The maximum atomic E-state index is 2.42. The van der Waals surface area contributed by atoms with Gasteiger partial charge in [-0.3, -0.25) is 0 Å². The highest BCUT2D eigenvalue weighted by Crippen LogP contribution is 2.33. The Labute approximate surface area is 99.1 Å². The van der Waals surface area contributed by atoms with E-state index in [9.17, 15) is 0 Å². The molecular formula is C11H15IN2.